The van der Waals surface area contributed by atoms with E-state index in [0.717, 1.165) is 5.56 Å². The van der Waals surface area contributed by atoms with Crippen molar-refractivity contribution in [3.05, 3.63) is 156 Å². The van der Waals surface area contributed by atoms with Crippen molar-refractivity contribution >= 4 is 0 Å². The van der Waals surface area contributed by atoms with E-state index in [4.69, 9.17) is 9.47 Å². The third-order valence-electron chi connectivity index (χ3n) is 8.55. The van der Waals surface area contributed by atoms with Crippen molar-refractivity contribution in [2.24, 2.45) is 0 Å². The molecular weight excluding hydrogens is 556 g/mol. The van der Waals surface area contributed by atoms with Gasteiger partial charge < -0.3 is 35.0 Å². The first kappa shape index (κ1) is 31.6. The van der Waals surface area contributed by atoms with Gasteiger partial charge in [0.15, 0.2) is 5.60 Å². The summed E-state index contributed by atoms with van der Waals surface area (Å²) in [7, 11) is 0. The molecule has 0 radical (unpaired) electrons. The maximum Gasteiger partial charge on any atom is 0.358 e. The monoisotopic (exact) mass is 596 g/mol. The summed E-state index contributed by atoms with van der Waals surface area (Å²) in [6, 6.07) is 35.8. The molecule has 0 amide bonds. The molecule has 7 heteroatoms. The van der Waals surface area contributed by atoms with E-state index < -0.39 is 35.0 Å². The number of hydrogen-bond acceptors (Lipinski definition) is 7. The fraction of sp³-hybridized carbons (Fsp3) is 0.297. The van der Waals surface area contributed by atoms with Crippen LogP contribution < -0.4 is 0 Å². The van der Waals surface area contributed by atoms with Gasteiger partial charge in [0.1, 0.15) is 17.3 Å². The largest absolute Gasteiger partial charge is 0.442 e. The van der Waals surface area contributed by atoms with E-state index in [-0.39, 0.29) is 31.4 Å². The molecule has 1 aliphatic rings. The van der Waals surface area contributed by atoms with E-state index in [0.29, 0.717) is 16.7 Å². The van der Waals surface area contributed by atoms with Gasteiger partial charge in [-0.25, -0.2) is 0 Å². The average molecular weight is 597 g/mol. The smallest absolute Gasteiger partial charge is 0.358 e. The number of rotatable bonds is 11. The van der Waals surface area contributed by atoms with Crippen molar-refractivity contribution in [3.8, 4) is 0 Å². The van der Waals surface area contributed by atoms with Crippen LogP contribution in [0.15, 0.2) is 134 Å². The third-order valence-corrected chi connectivity index (χ3v) is 8.55. The minimum atomic E-state index is -2.94. The Labute approximate surface area is 258 Å². The molecule has 230 valence electrons. The van der Waals surface area contributed by atoms with Crippen molar-refractivity contribution in [1.82, 2.24) is 0 Å². The average Bonchev–Trinajstić information content (AvgIpc) is 3.00. The third kappa shape index (κ3) is 5.95. The molecular formula is C37H40O7. The number of hydrogen-bond donors (Lipinski definition) is 5. The quantitative estimate of drug-likeness (QED) is 0.131. The molecule has 5 rings (SSSR count). The number of benzene rings is 4. The van der Waals surface area contributed by atoms with E-state index in [1.54, 1.807) is 78.9 Å². The van der Waals surface area contributed by atoms with Gasteiger partial charge in [-0.1, -0.05) is 128 Å². The van der Waals surface area contributed by atoms with Crippen LogP contribution in [-0.4, -0.2) is 60.5 Å². The van der Waals surface area contributed by atoms with Gasteiger partial charge in [-0.15, -0.1) is 0 Å². The predicted octanol–water partition coefficient (Wildman–Crippen LogP) is 4.11. The summed E-state index contributed by atoms with van der Waals surface area (Å²) in [5, 5.41) is 63.1. The summed E-state index contributed by atoms with van der Waals surface area (Å²) in [6.07, 6.45) is -4.00. The standard InChI is InChI=1S/C37H40O7/c1-27(2)43-37(42)36(41,26-31-21-13-6-14-22-31)35(40,25-30-19-11-5-12-20-30)34(39,24-29-17-9-4-10-18-29)33(44-37)32(38)23-28-15-7-3-8-16-28/h3-22,32-33,38-42H,1,23-26H2,2H3/t32?,33-,34-,35+,36-,37-/m1/s1. The fourth-order valence-electron chi connectivity index (χ4n) is 6.42. The number of allylic oxidation sites excluding steroid dienone is 1. The molecule has 44 heavy (non-hydrogen) atoms. The molecule has 6 atom stereocenters. The van der Waals surface area contributed by atoms with E-state index in [1.165, 1.54) is 6.92 Å². The summed E-state index contributed by atoms with van der Waals surface area (Å²) >= 11 is 0. The molecule has 1 unspecified atom stereocenters. The van der Waals surface area contributed by atoms with Crippen LogP contribution in [0.3, 0.4) is 0 Å². The summed E-state index contributed by atoms with van der Waals surface area (Å²) < 4.78 is 12.0. The van der Waals surface area contributed by atoms with Crippen LogP contribution in [0.4, 0.5) is 0 Å². The predicted molar refractivity (Wildman–Crippen MR) is 167 cm³/mol. The molecule has 0 aliphatic carbocycles. The highest BCUT2D eigenvalue weighted by atomic mass is 16.8. The Morgan fingerprint density at radius 1 is 0.659 bits per heavy atom. The second-order valence-corrected chi connectivity index (χ2v) is 11.8. The molecule has 0 saturated carbocycles. The highest BCUT2D eigenvalue weighted by Crippen LogP contribution is 2.54. The van der Waals surface area contributed by atoms with Crippen LogP contribution in [0.25, 0.3) is 0 Å². The van der Waals surface area contributed by atoms with Gasteiger partial charge in [-0.2, -0.15) is 0 Å². The maximum absolute atomic E-state index is 13.2. The second kappa shape index (κ2) is 12.7. The van der Waals surface area contributed by atoms with Gasteiger partial charge in [-0.05, 0) is 29.2 Å². The molecule has 7 nitrogen and oxygen atoms in total. The Balaban J connectivity index is 1.75. The van der Waals surface area contributed by atoms with Crippen molar-refractivity contribution in [2.45, 2.75) is 67.6 Å². The zero-order valence-electron chi connectivity index (χ0n) is 24.8. The number of aliphatic hydroxyl groups is 5. The Morgan fingerprint density at radius 2 is 1.05 bits per heavy atom. The second-order valence-electron chi connectivity index (χ2n) is 11.8. The van der Waals surface area contributed by atoms with Crippen LogP contribution in [-0.2, 0) is 35.2 Å². The molecule has 0 aromatic heterocycles. The zero-order valence-corrected chi connectivity index (χ0v) is 24.8. The van der Waals surface area contributed by atoms with E-state index in [9.17, 15) is 25.5 Å². The lowest BCUT2D eigenvalue weighted by molar-refractivity contribution is -0.509. The molecule has 0 spiro atoms. The molecule has 0 bridgehead atoms. The van der Waals surface area contributed by atoms with Crippen LogP contribution in [0.1, 0.15) is 29.2 Å². The first-order chi connectivity index (χ1) is 21.0. The maximum atomic E-state index is 13.2. The first-order valence-corrected chi connectivity index (χ1v) is 14.8. The minimum Gasteiger partial charge on any atom is -0.442 e. The van der Waals surface area contributed by atoms with Gasteiger partial charge in [0.2, 0.25) is 0 Å². The summed E-state index contributed by atoms with van der Waals surface area (Å²) in [4.78, 5) is 0. The summed E-state index contributed by atoms with van der Waals surface area (Å²) in [5.74, 6) is -2.95. The molecule has 1 fully saturated rings. The van der Waals surface area contributed by atoms with Gasteiger partial charge in [0.05, 0.1) is 11.9 Å². The molecule has 1 heterocycles. The first-order valence-electron chi connectivity index (χ1n) is 14.8. The Bertz CT molecular complexity index is 1520. The molecule has 4 aromatic carbocycles. The molecule has 4 aromatic rings. The summed E-state index contributed by atoms with van der Waals surface area (Å²) in [6.45, 7) is 5.23. The van der Waals surface area contributed by atoms with Crippen molar-refractivity contribution < 1.29 is 35.0 Å². The van der Waals surface area contributed by atoms with Gasteiger partial charge in [0, 0.05) is 25.7 Å². The molecule has 1 saturated heterocycles. The minimum absolute atomic E-state index is 0.00848. The van der Waals surface area contributed by atoms with Gasteiger partial charge in [0.25, 0.3) is 0 Å². The van der Waals surface area contributed by atoms with E-state index >= 15 is 0 Å². The number of ether oxygens (including phenoxy) is 2. The topological polar surface area (TPSA) is 120 Å². The molecule has 5 N–H and O–H groups in total. The lowest BCUT2D eigenvalue weighted by Gasteiger charge is -2.63. The highest BCUT2D eigenvalue weighted by molar-refractivity contribution is 5.34. The highest BCUT2D eigenvalue weighted by Gasteiger charge is 2.79. The summed E-state index contributed by atoms with van der Waals surface area (Å²) in [5.41, 5.74) is -5.15. The lowest BCUT2D eigenvalue weighted by Crippen LogP contribution is -2.87. The Morgan fingerprint density at radius 3 is 1.48 bits per heavy atom. The Hall–Kier alpha value is -3.82. The van der Waals surface area contributed by atoms with Crippen molar-refractivity contribution in [1.29, 1.82) is 0 Å². The van der Waals surface area contributed by atoms with Crippen molar-refractivity contribution in [3.63, 3.8) is 0 Å². The Kier molecular flexibility index (Phi) is 9.09. The van der Waals surface area contributed by atoms with Crippen LogP contribution in [0, 0.1) is 0 Å². The lowest BCUT2D eigenvalue weighted by atomic mass is 9.58. The van der Waals surface area contributed by atoms with Gasteiger partial charge in [-0.3, -0.25) is 0 Å². The number of aliphatic hydroxyl groups excluding tert-OH is 1. The fourth-order valence-corrected chi connectivity index (χ4v) is 6.42. The van der Waals surface area contributed by atoms with Crippen molar-refractivity contribution in [2.75, 3.05) is 0 Å². The van der Waals surface area contributed by atoms with Crippen LogP contribution >= 0.6 is 0 Å². The van der Waals surface area contributed by atoms with E-state index in [1.807, 2.05) is 42.5 Å². The molecule has 1 aliphatic heterocycles. The van der Waals surface area contributed by atoms with Gasteiger partial charge >= 0.3 is 5.97 Å². The SMILES string of the molecule is C=C(C)O[C@@]1(O)O[C@H](C(O)Cc2ccccc2)[C@](O)(Cc2ccccc2)[C@@](O)(Cc2ccccc2)[C@]1(O)Cc1ccccc1. The normalized spacial score (nSPS) is 29.1. The van der Waals surface area contributed by atoms with Crippen LogP contribution in [0.2, 0.25) is 0 Å². The van der Waals surface area contributed by atoms with E-state index in [2.05, 4.69) is 6.58 Å². The zero-order chi connectivity index (χ0) is 31.4. The van der Waals surface area contributed by atoms with Crippen LogP contribution in [0.5, 0.6) is 0 Å².